The molecule has 19 heavy (non-hydrogen) atoms. The molecule has 0 bridgehead atoms. The van der Waals surface area contributed by atoms with Gasteiger partial charge < -0.3 is 15.3 Å². The minimum Gasteiger partial charge on any atom is -0.481 e. The molecule has 2 N–H and O–H groups in total. The van der Waals surface area contributed by atoms with Crippen molar-refractivity contribution in [3.8, 4) is 0 Å². The number of hydrogen-bond acceptors (Lipinski definition) is 2. The Bertz CT molecular complexity index is 477. The number of carbonyl (C=O) groups is 2. The van der Waals surface area contributed by atoms with E-state index in [4.69, 9.17) is 16.7 Å². The van der Waals surface area contributed by atoms with E-state index in [9.17, 15) is 9.59 Å². The van der Waals surface area contributed by atoms with Crippen LogP contribution in [0.2, 0.25) is 5.02 Å². The van der Waals surface area contributed by atoms with Crippen LogP contribution in [0.1, 0.15) is 18.4 Å². The molecule has 0 heterocycles. The summed E-state index contributed by atoms with van der Waals surface area (Å²) in [5.41, 5.74) is 1.57. The molecule has 104 valence electrons. The van der Waals surface area contributed by atoms with E-state index in [-0.39, 0.29) is 12.5 Å². The molecule has 1 aromatic rings. The molecule has 0 unspecified atom stereocenters. The van der Waals surface area contributed by atoms with Crippen molar-refractivity contribution >= 4 is 29.3 Å². The average molecular weight is 285 g/mol. The number of benzene rings is 1. The summed E-state index contributed by atoms with van der Waals surface area (Å²) >= 11 is 5.87. The number of amides is 2. The number of nitrogens with one attached hydrogen (secondary N) is 1. The Labute approximate surface area is 117 Å². The van der Waals surface area contributed by atoms with E-state index in [0.29, 0.717) is 23.7 Å². The van der Waals surface area contributed by atoms with Crippen molar-refractivity contribution in [2.45, 2.75) is 19.8 Å². The fraction of sp³-hybridized carbons (Fsp3) is 0.385. The van der Waals surface area contributed by atoms with Crippen molar-refractivity contribution in [3.63, 3.8) is 0 Å². The Hall–Kier alpha value is -1.75. The summed E-state index contributed by atoms with van der Waals surface area (Å²) in [5.74, 6) is -0.862. The maximum absolute atomic E-state index is 11.9. The Kier molecular flexibility index (Phi) is 5.63. The van der Waals surface area contributed by atoms with Gasteiger partial charge in [-0.1, -0.05) is 17.7 Å². The molecular weight excluding hydrogens is 268 g/mol. The summed E-state index contributed by atoms with van der Waals surface area (Å²) < 4.78 is 0. The number of nitrogens with zero attached hydrogens (tertiary/aromatic N) is 1. The predicted octanol–water partition coefficient (Wildman–Crippen LogP) is 2.98. The molecule has 2 amide bonds. The summed E-state index contributed by atoms with van der Waals surface area (Å²) in [4.78, 5) is 23.7. The van der Waals surface area contributed by atoms with E-state index in [2.05, 4.69) is 5.32 Å². The molecular formula is C13H17ClN2O3. The summed E-state index contributed by atoms with van der Waals surface area (Å²) in [5, 5.41) is 11.8. The zero-order valence-corrected chi connectivity index (χ0v) is 11.7. The topological polar surface area (TPSA) is 69.6 Å². The molecule has 1 rings (SSSR count). The maximum Gasteiger partial charge on any atom is 0.321 e. The molecule has 0 aliphatic heterocycles. The summed E-state index contributed by atoms with van der Waals surface area (Å²) in [6, 6.07) is 4.97. The Balaban J connectivity index is 2.54. The average Bonchev–Trinajstić information content (AvgIpc) is 2.33. The fourth-order valence-corrected chi connectivity index (χ4v) is 1.68. The molecule has 6 heteroatoms. The number of carboxylic acid groups (broad SMARTS) is 1. The van der Waals surface area contributed by atoms with E-state index < -0.39 is 5.97 Å². The van der Waals surface area contributed by atoms with E-state index in [0.717, 1.165) is 5.56 Å². The molecule has 0 aliphatic rings. The van der Waals surface area contributed by atoms with Crippen LogP contribution in [0.3, 0.4) is 0 Å². The normalized spacial score (nSPS) is 10.1. The van der Waals surface area contributed by atoms with Crippen LogP contribution in [0.4, 0.5) is 10.5 Å². The third-order valence-corrected chi connectivity index (χ3v) is 2.91. The number of aliphatic carboxylic acids is 1. The van der Waals surface area contributed by atoms with Crippen molar-refractivity contribution in [1.82, 2.24) is 4.90 Å². The lowest BCUT2D eigenvalue weighted by Gasteiger charge is -2.18. The van der Waals surface area contributed by atoms with Gasteiger partial charge in [-0.05, 0) is 31.0 Å². The molecule has 0 atom stereocenters. The van der Waals surface area contributed by atoms with Crippen molar-refractivity contribution in [3.05, 3.63) is 28.8 Å². The number of carbonyl (C=O) groups excluding carboxylic acids is 1. The minimum absolute atomic E-state index is 0.0494. The second-order valence-corrected chi connectivity index (χ2v) is 4.74. The number of carboxylic acids is 1. The van der Waals surface area contributed by atoms with Gasteiger partial charge in [0.25, 0.3) is 0 Å². The van der Waals surface area contributed by atoms with Crippen molar-refractivity contribution in [1.29, 1.82) is 0 Å². The number of aryl methyl sites for hydroxylation is 1. The molecule has 1 aromatic carbocycles. The van der Waals surface area contributed by atoms with Crippen LogP contribution in [0.25, 0.3) is 0 Å². The Morgan fingerprint density at radius 3 is 2.74 bits per heavy atom. The van der Waals surface area contributed by atoms with Gasteiger partial charge in [0.1, 0.15) is 0 Å². The van der Waals surface area contributed by atoms with Gasteiger partial charge in [0, 0.05) is 30.7 Å². The van der Waals surface area contributed by atoms with E-state index in [1.165, 1.54) is 4.90 Å². The van der Waals surface area contributed by atoms with Crippen molar-refractivity contribution in [2.24, 2.45) is 0 Å². The molecule has 0 aliphatic carbocycles. The first-order chi connectivity index (χ1) is 8.90. The first-order valence-electron chi connectivity index (χ1n) is 5.90. The van der Waals surface area contributed by atoms with E-state index in [1.54, 1.807) is 19.2 Å². The quantitative estimate of drug-likeness (QED) is 0.873. The van der Waals surface area contributed by atoms with Gasteiger partial charge in [-0.3, -0.25) is 4.79 Å². The number of anilines is 1. The van der Waals surface area contributed by atoms with Crippen LogP contribution in [-0.2, 0) is 4.79 Å². The lowest BCUT2D eigenvalue weighted by molar-refractivity contribution is -0.137. The molecule has 0 aromatic heterocycles. The van der Waals surface area contributed by atoms with Crippen molar-refractivity contribution < 1.29 is 14.7 Å². The molecule has 0 radical (unpaired) electrons. The van der Waals surface area contributed by atoms with Crippen LogP contribution in [-0.4, -0.2) is 35.6 Å². The standard InChI is InChI=1S/C13H17ClN2O3/c1-9-5-6-10(14)8-11(9)15-13(19)16(2)7-3-4-12(17)18/h5-6,8H,3-4,7H2,1-2H3,(H,15,19)(H,17,18). The highest BCUT2D eigenvalue weighted by Crippen LogP contribution is 2.20. The molecule has 5 nitrogen and oxygen atoms in total. The second kappa shape index (κ2) is 6.99. The van der Waals surface area contributed by atoms with Gasteiger partial charge in [-0.25, -0.2) is 4.79 Å². The van der Waals surface area contributed by atoms with E-state index >= 15 is 0 Å². The highest BCUT2D eigenvalue weighted by Gasteiger charge is 2.10. The van der Waals surface area contributed by atoms with Crippen molar-refractivity contribution in [2.75, 3.05) is 18.9 Å². The highest BCUT2D eigenvalue weighted by atomic mass is 35.5. The Morgan fingerprint density at radius 2 is 2.11 bits per heavy atom. The van der Waals surface area contributed by atoms with Gasteiger partial charge in [-0.15, -0.1) is 0 Å². The highest BCUT2D eigenvalue weighted by molar-refractivity contribution is 6.31. The third kappa shape index (κ3) is 5.18. The number of rotatable bonds is 5. The minimum atomic E-state index is -0.862. The van der Waals surface area contributed by atoms with Gasteiger partial charge in [-0.2, -0.15) is 0 Å². The fourth-order valence-electron chi connectivity index (χ4n) is 1.51. The molecule has 0 spiro atoms. The zero-order valence-electron chi connectivity index (χ0n) is 10.9. The second-order valence-electron chi connectivity index (χ2n) is 4.31. The summed E-state index contributed by atoms with van der Waals surface area (Å²) in [6.07, 6.45) is 0.474. The Morgan fingerprint density at radius 1 is 1.42 bits per heavy atom. The van der Waals surface area contributed by atoms with Crippen LogP contribution < -0.4 is 5.32 Å². The predicted molar refractivity (Wildman–Crippen MR) is 74.7 cm³/mol. The zero-order chi connectivity index (χ0) is 14.4. The maximum atomic E-state index is 11.9. The summed E-state index contributed by atoms with van der Waals surface area (Å²) in [6.45, 7) is 2.26. The third-order valence-electron chi connectivity index (χ3n) is 2.67. The van der Waals surface area contributed by atoms with Crippen LogP contribution >= 0.6 is 11.6 Å². The van der Waals surface area contributed by atoms with Gasteiger partial charge in [0.2, 0.25) is 0 Å². The lowest BCUT2D eigenvalue weighted by atomic mass is 10.2. The molecule has 0 fully saturated rings. The number of hydrogen-bond donors (Lipinski definition) is 2. The van der Waals surface area contributed by atoms with Gasteiger partial charge >= 0.3 is 12.0 Å². The first-order valence-corrected chi connectivity index (χ1v) is 6.28. The SMILES string of the molecule is Cc1ccc(Cl)cc1NC(=O)N(C)CCCC(=O)O. The van der Waals surface area contributed by atoms with Crippen LogP contribution in [0.5, 0.6) is 0 Å². The van der Waals surface area contributed by atoms with Gasteiger partial charge in [0.15, 0.2) is 0 Å². The number of halogens is 1. The summed E-state index contributed by atoms with van der Waals surface area (Å²) in [7, 11) is 1.62. The largest absolute Gasteiger partial charge is 0.481 e. The molecule has 0 saturated heterocycles. The first kappa shape index (κ1) is 15.3. The van der Waals surface area contributed by atoms with Crippen LogP contribution in [0.15, 0.2) is 18.2 Å². The monoisotopic (exact) mass is 284 g/mol. The van der Waals surface area contributed by atoms with Crippen LogP contribution in [0, 0.1) is 6.92 Å². The van der Waals surface area contributed by atoms with E-state index in [1.807, 2.05) is 13.0 Å². The number of urea groups is 1. The van der Waals surface area contributed by atoms with Gasteiger partial charge in [0.05, 0.1) is 0 Å². The lowest BCUT2D eigenvalue weighted by Crippen LogP contribution is -2.32. The molecule has 0 saturated carbocycles. The smallest absolute Gasteiger partial charge is 0.321 e.